The van der Waals surface area contributed by atoms with Crippen molar-refractivity contribution in [2.45, 2.75) is 19.9 Å². The molecule has 8 nitrogen and oxygen atoms in total. The maximum absolute atomic E-state index is 12.1. The molecule has 0 spiro atoms. The fourth-order valence-corrected chi connectivity index (χ4v) is 2.97. The Kier molecular flexibility index (Phi) is 5.57. The minimum Gasteiger partial charge on any atom is -0.450 e. The van der Waals surface area contributed by atoms with Crippen LogP contribution in [-0.2, 0) is 9.53 Å². The summed E-state index contributed by atoms with van der Waals surface area (Å²) in [5.41, 5.74) is 1.46. The Bertz CT molecular complexity index is 1020. The zero-order valence-electron chi connectivity index (χ0n) is 14.4. The first-order valence-electron chi connectivity index (χ1n) is 7.95. The van der Waals surface area contributed by atoms with Gasteiger partial charge in [-0.3, -0.25) is 4.79 Å². The molecule has 3 aromatic rings. The molecule has 1 atom stereocenters. The number of aromatic nitrogens is 4. The third-order valence-corrected chi connectivity index (χ3v) is 4.32. The summed E-state index contributed by atoms with van der Waals surface area (Å²) in [7, 11) is 0. The molecule has 27 heavy (non-hydrogen) atoms. The van der Waals surface area contributed by atoms with Crippen molar-refractivity contribution in [3.8, 4) is 0 Å². The number of nitrogens with zero attached hydrogens (tertiary/aromatic N) is 4. The van der Waals surface area contributed by atoms with E-state index in [2.05, 4.69) is 20.4 Å². The highest BCUT2D eigenvalue weighted by Gasteiger charge is 2.19. The third-order valence-electron chi connectivity index (χ3n) is 3.75. The zero-order valence-corrected chi connectivity index (χ0v) is 16.0. The maximum atomic E-state index is 12.1. The zero-order chi connectivity index (χ0) is 19.6. The number of benzene rings is 1. The summed E-state index contributed by atoms with van der Waals surface area (Å²) in [6, 6.07) is 6.33. The molecule has 0 saturated carbocycles. The number of rotatable bonds is 5. The number of halogens is 2. The van der Waals surface area contributed by atoms with Crippen molar-refractivity contribution in [3.05, 3.63) is 57.6 Å². The van der Waals surface area contributed by atoms with Gasteiger partial charge in [-0.05, 0) is 37.6 Å². The summed E-state index contributed by atoms with van der Waals surface area (Å²) >= 11 is 12.0. The van der Waals surface area contributed by atoms with Gasteiger partial charge in [-0.25, -0.2) is 14.3 Å². The van der Waals surface area contributed by atoms with E-state index in [-0.39, 0.29) is 17.6 Å². The summed E-state index contributed by atoms with van der Waals surface area (Å²) in [6.45, 7) is 3.08. The van der Waals surface area contributed by atoms with Crippen LogP contribution in [0.15, 0.2) is 30.5 Å². The molecule has 3 rings (SSSR count). The van der Waals surface area contributed by atoms with Gasteiger partial charge >= 0.3 is 5.97 Å². The highest BCUT2D eigenvalue weighted by atomic mass is 35.5. The van der Waals surface area contributed by atoms with E-state index >= 15 is 0 Å². The molecule has 10 heteroatoms. The number of carbonyl (C=O) groups excluding carboxylic acids is 2. The lowest BCUT2D eigenvalue weighted by Gasteiger charge is -2.15. The van der Waals surface area contributed by atoms with Gasteiger partial charge in [-0.1, -0.05) is 29.3 Å². The van der Waals surface area contributed by atoms with E-state index in [0.29, 0.717) is 15.6 Å². The molecule has 1 aromatic carbocycles. The maximum Gasteiger partial charge on any atom is 0.378 e. The summed E-state index contributed by atoms with van der Waals surface area (Å²) < 4.78 is 6.39. The number of hydrogen-bond acceptors (Lipinski definition) is 6. The second-order valence-corrected chi connectivity index (χ2v) is 6.61. The molecular formula is C17H15Cl2N5O3. The van der Waals surface area contributed by atoms with Crippen LogP contribution in [0, 0.1) is 6.92 Å². The highest BCUT2D eigenvalue weighted by molar-refractivity contribution is 6.35. The quantitative estimate of drug-likeness (QED) is 0.652. The van der Waals surface area contributed by atoms with Crippen molar-refractivity contribution in [1.82, 2.24) is 24.9 Å². The molecule has 0 fully saturated rings. The van der Waals surface area contributed by atoms with Crippen molar-refractivity contribution in [2.75, 3.05) is 6.61 Å². The predicted molar refractivity (Wildman–Crippen MR) is 98.8 cm³/mol. The van der Waals surface area contributed by atoms with Crippen LogP contribution < -0.4 is 5.32 Å². The number of amides is 1. The average Bonchev–Trinajstić information content (AvgIpc) is 3.05. The Morgan fingerprint density at radius 1 is 1.30 bits per heavy atom. The van der Waals surface area contributed by atoms with Crippen molar-refractivity contribution < 1.29 is 14.3 Å². The van der Waals surface area contributed by atoms with Gasteiger partial charge in [0.1, 0.15) is 0 Å². The van der Waals surface area contributed by atoms with Gasteiger partial charge in [0, 0.05) is 21.9 Å². The Labute approximate surface area is 164 Å². The standard InChI is InChI=1S/C17H15Cl2N5O3/c1-9-5-6-20-17-22-15(23-24(9)17)16(26)27-8-14(25)21-10(2)12-4-3-11(18)7-13(12)19/h3-7,10H,8H2,1-2H3,(H,21,25). The lowest BCUT2D eigenvalue weighted by Crippen LogP contribution is -2.31. The van der Waals surface area contributed by atoms with Gasteiger partial charge in [0.25, 0.3) is 17.5 Å². The smallest absolute Gasteiger partial charge is 0.378 e. The highest BCUT2D eigenvalue weighted by Crippen LogP contribution is 2.25. The third kappa shape index (κ3) is 4.35. The number of hydrogen-bond donors (Lipinski definition) is 1. The van der Waals surface area contributed by atoms with E-state index in [1.54, 1.807) is 44.3 Å². The van der Waals surface area contributed by atoms with Crippen molar-refractivity contribution >= 4 is 40.9 Å². The molecule has 140 valence electrons. The topological polar surface area (TPSA) is 98.5 Å². The fourth-order valence-electron chi connectivity index (χ4n) is 2.40. The molecule has 0 bridgehead atoms. The molecule has 0 aliphatic heterocycles. The van der Waals surface area contributed by atoms with Gasteiger partial charge < -0.3 is 10.1 Å². The van der Waals surface area contributed by atoms with E-state index < -0.39 is 18.5 Å². The lowest BCUT2D eigenvalue weighted by atomic mass is 10.1. The van der Waals surface area contributed by atoms with Crippen LogP contribution in [-0.4, -0.2) is 38.1 Å². The van der Waals surface area contributed by atoms with Crippen LogP contribution in [0.3, 0.4) is 0 Å². The molecule has 0 radical (unpaired) electrons. The lowest BCUT2D eigenvalue weighted by molar-refractivity contribution is -0.124. The summed E-state index contributed by atoms with van der Waals surface area (Å²) in [5, 5.41) is 7.66. The van der Waals surface area contributed by atoms with Gasteiger partial charge in [0.05, 0.1) is 6.04 Å². The van der Waals surface area contributed by atoms with Crippen LogP contribution in [0.25, 0.3) is 5.78 Å². The van der Waals surface area contributed by atoms with Crippen molar-refractivity contribution in [1.29, 1.82) is 0 Å². The Morgan fingerprint density at radius 2 is 2.07 bits per heavy atom. The van der Waals surface area contributed by atoms with Crippen LogP contribution in [0.5, 0.6) is 0 Å². The molecule has 0 saturated heterocycles. The molecule has 2 aromatic heterocycles. The van der Waals surface area contributed by atoms with Crippen LogP contribution in [0.4, 0.5) is 0 Å². The Balaban J connectivity index is 1.59. The number of carbonyl (C=O) groups is 2. The van der Waals surface area contributed by atoms with Crippen LogP contribution in [0.2, 0.25) is 10.0 Å². The van der Waals surface area contributed by atoms with Crippen LogP contribution in [0.1, 0.15) is 34.8 Å². The Morgan fingerprint density at radius 3 is 2.78 bits per heavy atom. The van der Waals surface area contributed by atoms with Crippen molar-refractivity contribution in [2.24, 2.45) is 0 Å². The molecule has 2 heterocycles. The molecule has 0 aliphatic carbocycles. The van der Waals surface area contributed by atoms with Gasteiger partial charge in [-0.2, -0.15) is 4.98 Å². The number of esters is 1. The fraction of sp³-hybridized carbons (Fsp3) is 0.235. The predicted octanol–water partition coefficient (Wildman–Crippen LogP) is 2.77. The first-order valence-corrected chi connectivity index (χ1v) is 8.70. The van der Waals surface area contributed by atoms with E-state index in [1.165, 1.54) is 4.52 Å². The van der Waals surface area contributed by atoms with E-state index in [1.807, 2.05) is 0 Å². The number of aryl methyl sites for hydroxylation is 1. The van der Waals surface area contributed by atoms with Crippen molar-refractivity contribution in [3.63, 3.8) is 0 Å². The van der Waals surface area contributed by atoms with Crippen LogP contribution >= 0.6 is 23.2 Å². The molecule has 1 unspecified atom stereocenters. The van der Waals surface area contributed by atoms with Gasteiger partial charge in [0.2, 0.25) is 0 Å². The number of fused-ring (bicyclic) bond motifs is 1. The number of ether oxygens (including phenoxy) is 1. The minimum absolute atomic E-state index is 0.168. The summed E-state index contributed by atoms with van der Waals surface area (Å²) in [4.78, 5) is 32.1. The minimum atomic E-state index is -0.813. The largest absolute Gasteiger partial charge is 0.450 e. The van der Waals surface area contributed by atoms with E-state index in [4.69, 9.17) is 27.9 Å². The first kappa shape index (κ1) is 19.1. The van der Waals surface area contributed by atoms with Gasteiger partial charge in [-0.15, -0.1) is 5.10 Å². The summed E-state index contributed by atoms with van der Waals surface area (Å²) in [5.74, 6) is -1.19. The molecule has 1 N–H and O–H groups in total. The average molecular weight is 408 g/mol. The van der Waals surface area contributed by atoms with E-state index in [0.717, 1.165) is 5.69 Å². The second kappa shape index (κ2) is 7.89. The molecule has 0 aliphatic rings. The summed E-state index contributed by atoms with van der Waals surface area (Å²) in [6.07, 6.45) is 1.56. The first-order chi connectivity index (χ1) is 12.8. The number of nitrogens with one attached hydrogen (secondary N) is 1. The molecule has 1 amide bonds. The molecular weight excluding hydrogens is 393 g/mol. The Hall–Kier alpha value is -2.71. The monoisotopic (exact) mass is 407 g/mol. The SMILES string of the molecule is Cc1ccnc2nc(C(=O)OCC(=O)NC(C)c3ccc(Cl)cc3Cl)nn12. The van der Waals surface area contributed by atoms with Gasteiger partial charge in [0.15, 0.2) is 6.61 Å². The second-order valence-electron chi connectivity index (χ2n) is 5.76. The normalized spacial score (nSPS) is 12.0. The van der Waals surface area contributed by atoms with E-state index in [9.17, 15) is 9.59 Å².